The zero-order valence-corrected chi connectivity index (χ0v) is 15.4. The molecule has 2 aliphatic rings. The Balaban J connectivity index is 1.38. The van der Waals surface area contributed by atoms with E-state index in [9.17, 15) is 13.6 Å². The van der Waals surface area contributed by atoms with Gasteiger partial charge in [0.25, 0.3) is 5.92 Å². The fraction of sp³-hybridized carbons (Fsp3) is 0.526. The summed E-state index contributed by atoms with van der Waals surface area (Å²) < 4.78 is 28.9. The molecule has 0 spiro atoms. The minimum Gasteiger partial charge on any atom is -0.345 e. The minimum atomic E-state index is -2.65. The first kappa shape index (κ1) is 17.4. The summed E-state index contributed by atoms with van der Waals surface area (Å²) in [5, 5.41) is 0. The van der Waals surface area contributed by atoms with E-state index in [1.54, 1.807) is 11.1 Å². The zero-order valence-electron chi connectivity index (χ0n) is 15.4. The van der Waals surface area contributed by atoms with E-state index in [4.69, 9.17) is 0 Å². The highest BCUT2D eigenvalue weighted by Crippen LogP contribution is 2.31. The van der Waals surface area contributed by atoms with Crippen LogP contribution in [0.2, 0.25) is 0 Å². The number of hydrogen-bond donors (Lipinski definition) is 1. The van der Waals surface area contributed by atoms with Crippen LogP contribution in [-0.4, -0.2) is 67.3 Å². The van der Waals surface area contributed by atoms with Crippen molar-refractivity contribution in [2.75, 3.05) is 26.2 Å². The van der Waals surface area contributed by atoms with Crippen molar-refractivity contribution in [3.05, 3.63) is 30.4 Å². The maximum absolute atomic E-state index is 13.4. The van der Waals surface area contributed by atoms with Crippen molar-refractivity contribution in [2.45, 2.75) is 37.5 Å². The van der Waals surface area contributed by atoms with Crippen LogP contribution in [0.25, 0.3) is 16.8 Å². The van der Waals surface area contributed by atoms with Gasteiger partial charge in [-0.2, -0.15) is 0 Å². The molecule has 3 aromatic rings. The SMILES string of the molecule is O=C(N1CCC(F)(F)CC1)N1CCC[C@@H](c2cnc3cnc4[nH]ccc4n23)C1. The first-order valence-electron chi connectivity index (χ1n) is 9.73. The van der Waals surface area contributed by atoms with Crippen molar-refractivity contribution >= 4 is 22.8 Å². The normalized spacial score (nSPS) is 22.9. The largest absolute Gasteiger partial charge is 0.345 e. The number of hydrogen-bond acceptors (Lipinski definition) is 3. The molecule has 0 saturated carbocycles. The van der Waals surface area contributed by atoms with Crippen molar-refractivity contribution < 1.29 is 13.6 Å². The van der Waals surface area contributed by atoms with Crippen molar-refractivity contribution in [1.29, 1.82) is 0 Å². The average Bonchev–Trinajstić information content (AvgIpc) is 3.33. The van der Waals surface area contributed by atoms with E-state index in [1.807, 2.05) is 23.4 Å². The number of carbonyl (C=O) groups excluding carboxylic acids is 1. The van der Waals surface area contributed by atoms with E-state index in [2.05, 4.69) is 19.4 Å². The number of imidazole rings is 1. The van der Waals surface area contributed by atoms with Gasteiger partial charge in [0.2, 0.25) is 0 Å². The average molecular weight is 388 g/mol. The number of aromatic nitrogens is 4. The van der Waals surface area contributed by atoms with Gasteiger partial charge in [0.15, 0.2) is 11.3 Å². The molecule has 28 heavy (non-hydrogen) atoms. The smallest absolute Gasteiger partial charge is 0.320 e. The van der Waals surface area contributed by atoms with Gasteiger partial charge in [-0.15, -0.1) is 0 Å². The topological polar surface area (TPSA) is 69.5 Å². The second kappa shape index (κ2) is 6.42. The number of halogens is 2. The van der Waals surface area contributed by atoms with Gasteiger partial charge in [0.05, 0.1) is 11.7 Å². The molecule has 7 nitrogen and oxygen atoms in total. The van der Waals surface area contributed by atoms with Gasteiger partial charge >= 0.3 is 6.03 Å². The molecule has 0 aliphatic carbocycles. The fourth-order valence-corrected chi connectivity index (χ4v) is 4.40. The van der Waals surface area contributed by atoms with Crippen LogP contribution < -0.4 is 0 Å². The molecule has 5 rings (SSSR count). The third-order valence-electron chi connectivity index (χ3n) is 5.95. The summed E-state index contributed by atoms with van der Waals surface area (Å²) in [6.45, 7) is 1.49. The Morgan fingerprint density at radius 3 is 2.79 bits per heavy atom. The Morgan fingerprint density at radius 1 is 1.14 bits per heavy atom. The van der Waals surface area contributed by atoms with Crippen molar-refractivity contribution in [3.8, 4) is 0 Å². The Bertz CT molecular complexity index is 1020. The number of aromatic amines is 1. The molecule has 2 saturated heterocycles. The molecule has 0 unspecified atom stereocenters. The molecular formula is C19H22F2N6O. The number of amides is 2. The van der Waals surface area contributed by atoms with E-state index in [-0.39, 0.29) is 37.9 Å². The van der Waals surface area contributed by atoms with Gasteiger partial charge in [-0.25, -0.2) is 23.5 Å². The molecule has 0 aromatic carbocycles. The molecule has 2 amide bonds. The number of fused-ring (bicyclic) bond motifs is 3. The maximum Gasteiger partial charge on any atom is 0.320 e. The summed E-state index contributed by atoms with van der Waals surface area (Å²) in [5.41, 5.74) is 3.60. The zero-order chi connectivity index (χ0) is 19.3. The van der Waals surface area contributed by atoms with Gasteiger partial charge in [-0.1, -0.05) is 0 Å². The highest BCUT2D eigenvalue weighted by atomic mass is 19.3. The van der Waals surface area contributed by atoms with Crippen LogP contribution in [0, 0.1) is 0 Å². The quantitative estimate of drug-likeness (QED) is 0.696. The molecule has 2 aliphatic heterocycles. The molecule has 9 heteroatoms. The summed E-state index contributed by atoms with van der Waals surface area (Å²) in [6.07, 6.45) is 6.80. The molecule has 2 fully saturated rings. The second-order valence-electron chi connectivity index (χ2n) is 7.76. The molecule has 148 valence electrons. The van der Waals surface area contributed by atoms with E-state index in [0.29, 0.717) is 13.1 Å². The lowest BCUT2D eigenvalue weighted by Crippen LogP contribution is -2.51. The summed E-state index contributed by atoms with van der Waals surface area (Å²) in [7, 11) is 0. The molecule has 5 heterocycles. The Kier molecular flexibility index (Phi) is 3.99. The van der Waals surface area contributed by atoms with Gasteiger partial charge < -0.3 is 14.8 Å². The molecule has 0 radical (unpaired) electrons. The lowest BCUT2D eigenvalue weighted by molar-refractivity contribution is -0.0495. The van der Waals surface area contributed by atoms with Crippen LogP contribution in [0.1, 0.15) is 37.3 Å². The van der Waals surface area contributed by atoms with Crippen molar-refractivity contribution in [3.63, 3.8) is 0 Å². The summed E-state index contributed by atoms with van der Waals surface area (Å²) >= 11 is 0. The lowest BCUT2D eigenvalue weighted by atomic mass is 9.95. The highest BCUT2D eigenvalue weighted by molar-refractivity contribution is 5.76. The highest BCUT2D eigenvalue weighted by Gasteiger charge is 2.37. The standard InChI is InChI=1S/C19H22F2N6O/c20-19(21)4-8-25(9-5-19)18(28)26-7-1-2-13(12-26)15-10-23-16-11-24-17-14(27(15)16)3-6-22-17/h3,6,10-11,13,22H,1-2,4-5,7-9,12H2/t13-/m1/s1. The number of likely N-dealkylation sites (tertiary alicyclic amines) is 2. The Morgan fingerprint density at radius 2 is 1.96 bits per heavy atom. The molecule has 3 aromatic heterocycles. The van der Waals surface area contributed by atoms with Crippen LogP contribution >= 0.6 is 0 Å². The predicted octanol–water partition coefficient (Wildman–Crippen LogP) is 3.24. The van der Waals surface area contributed by atoms with E-state index in [1.165, 1.54) is 0 Å². The third-order valence-corrected chi connectivity index (χ3v) is 5.95. The summed E-state index contributed by atoms with van der Waals surface area (Å²) in [6, 6.07) is 1.85. The van der Waals surface area contributed by atoms with E-state index < -0.39 is 5.92 Å². The number of carbonyl (C=O) groups is 1. The predicted molar refractivity (Wildman–Crippen MR) is 99.5 cm³/mol. The number of piperidine rings is 2. The second-order valence-corrected chi connectivity index (χ2v) is 7.76. The molecule has 1 atom stereocenters. The Hall–Kier alpha value is -2.71. The molecule has 0 bridgehead atoms. The van der Waals surface area contributed by atoms with Crippen LogP contribution in [0.3, 0.4) is 0 Å². The summed E-state index contributed by atoms with van der Waals surface area (Å²) in [5.74, 6) is -2.49. The fourth-order valence-electron chi connectivity index (χ4n) is 4.40. The number of rotatable bonds is 1. The van der Waals surface area contributed by atoms with Gasteiger partial charge in [0.1, 0.15) is 0 Å². The van der Waals surface area contributed by atoms with Crippen molar-refractivity contribution in [2.24, 2.45) is 0 Å². The van der Waals surface area contributed by atoms with Crippen LogP contribution in [0.4, 0.5) is 13.6 Å². The minimum absolute atomic E-state index is 0.123. The molecular weight excluding hydrogens is 366 g/mol. The van der Waals surface area contributed by atoms with Crippen molar-refractivity contribution in [1.82, 2.24) is 29.2 Å². The van der Waals surface area contributed by atoms with Crippen LogP contribution in [0.5, 0.6) is 0 Å². The molecule has 1 N–H and O–H groups in total. The maximum atomic E-state index is 13.4. The first-order valence-corrected chi connectivity index (χ1v) is 9.73. The number of H-pyrrole nitrogens is 1. The van der Waals surface area contributed by atoms with Gasteiger partial charge in [-0.3, -0.25) is 4.40 Å². The summed E-state index contributed by atoms with van der Waals surface area (Å²) in [4.78, 5) is 28.2. The monoisotopic (exact) mass is 388 g/mol. The third kappa shape index (κ3) is 2.89. The number of nitrogens with one attached hydrogen (secondary N) is 1. The van der Waals surface area contributed by atoms with Gasteiger partial charge in [0, 0.05) is 63.0 Å². The van der Waals surface area contributed by atoms with E-state index >= 15 is 0 Å². The van der Waals surface area contributed by atoms with Crippen LogP contribution in [-0.2, 0) is 0 Å². The number of urea groups is 1. The van der Waals surface area contributed by atoms with E-state index in [0.717, 1.165) is 35.3 Å². The van der Waals surface area contributed by atoms with Crippen LogP contribution in [0.15, 0.2) is 24.7 Å². The number of alkyl halides is 2. The first-order chi connectivity index (χ1) is 13.5. The Labute approximate surface area is 160 Å². The lowest BCUT2D eigenvalue weighted by Gasteiger charge is -2.39. The van der Waals surface area contributed by atoms with Gasteiger partial charge in [-0.05, 0) is 18.9 Å². The number of nitrogens with zero attached hydrogens (tertiary/aromatic N) is 5.